The molecule has 2 aromatic rings. The second-order valence-corrected chi connectivity index (χ2v) is 5.84. The molecule has 1 fully saturated rings. The molecule has 4 N–H and O–H groups in total. The number of nitrogens with two attached hydrogens (primary N) is 1. The first-order chi connectivity index (χ1) is 13.5. The van der Waals surface area contributed by atoms with E-state index in [1.165, 1.54) is 18.9 Å². The molecule has 0 atom stereocenters. The smallest absolute Gasteiger partial charge is 0.317 e. The van der Waals surface area contributed by atoms with E-state index in [1.807, 2.05) is 69.3 Å². The fourth-order valence-corrected chi connectivity index (χ4v) is 2.24. The molecule has 1 heterocycles. The van der Waals surface area contributed by atoms with Gasteiger partial charge in [0.15, 0.2) is 0 Å². The molecule has 1 aromatic heterocycles. The molecular formula is C22H30N4O2. The number of urea groups is 1. The fourth-order valence-electron chi connectivity index (χ4n) is 2.24. The third-order valence-corrected chi connectivity index (χ3v) is 3.57. The summed E-state index contributed by atoms with van der Waals surface area (Å²) in [6.45, 7) is 9.17. The largest absolute Gasteiger partial charge is 0.509 e. The Hall–Kier alpha value is -3.28. The van der Waals surface area contributed by atoms with E-state index in [9.17, 15) is 4.79 Å². The summed E-state index contributed by atoms with van der Waals surface area (Å²) >= 11 is 0. The molecule has 0 unspecified atom stereocenters. The van der Waals surface area contributed by atoms with E-state index in [1.54, 1.807) is 10.8 Å². The van der Waals surface area contributed by atoms with Crippen LogP contribution in [0.15, 0.2) is 73.0 Å². The average Bonchev–Trinajstić information content (AvgIpc) is 3.45. The van der Waals surface area contributed by atoms with Crippen molar-refractivity contribution in [3.05, 3.63) is 78.7 Å². The van der Waals surface area contributed by atoms with Crippen molar-refractivity contribution < 1.29 is 9.90 Å². The third-order valence-electron chi connectivity index (χ3n) is 3.57. The van der Waals surface area contributed by atoms with Crippen LogP contribution in [0, 0.1) is 0 Å². The SMILES string of the molecule is C=C(O)/C=C\C=C\C.CC.NC(=O)Nc1cc(C2CC2)nn1-c1ccccc1. The highest BCUT2D eigenvalue weighted by molar-refractivity contribution is 5.87. The molecule has 1 aliphatic carbocycles. The van der Waals surface area contributed by atoms with E-state index >= 15 is 0 Å². The zero-order valence-electron chi connectivity index (χ0n) is 16.8. The van der Waals surface area contributed by atoms with Crippen LogP contribution < -0.4 is 11.1 Å². The summed E-state index contributed by atoms with van der Waals surface area (Å²) in [7, 11) is 0. The number of amides is 2. The molecule has 0 aliphatic heterocycles. The molecule has 0 saturated heterocycles. The van der Waals surface area contributed by atoms with Crippen molar-refractivity contribution in [2.75, 3.05) is 5.32 Å². The van der Waals surface area contributed by atoms with Crippen molar-refractivity contribution >= 4 is 11.8 Å². The predicted octanol–water partition coefficient (Wildman–Crippen LogP) is 5.46. The Morgan fingerprint density at radius 3 is 2.43 bits per heavy atom. The number of carbonyl (C=O) groups is 1. The van der Waals surface area contributed by atoms with Crippen molar-refractivity contribution in [1.29, 1.82) is 0 Å². The maximum Gasteiger partial charge on any atom is 0.317 e. The van der Waals surface area contributed by atoms with Gasteiger partial charge in [0, 0.05) is 12.0 Å². The summed E-state index contributed by atoms with van der Waals surface area (Å²) in [4.78, 5) is 11.0. The Morgan fingerprint density at radius 2 is 1.93 bits per heavy atom. The van der Waals surface area contributed by atoms with Crippen LogP contribution in [0.4, 0.5) is 10.6 Å². The van der Waals surface area contributed by atoms with Crippen LogP contribution in [0.3, 0.4) is 0 Å². The van der Waals surface area contributed by atoms with Crippen LogP contribution in [0.5, 0.6) is 0 Å². The average molecular weight is 383 g/mol. The highest BCUT2D eigenvalue weighted by Gasteiger charge is 2.27. The first-order valence-corrected chi connectivity index (χ1v) is 9.40. The van der Waals surface area contributed by atoms with E-state index in [0.29, 0.717) is 11.7 Å². The topological polar surface area (TPSA) is 93.2 Å². The van der Waals surface area contributed by atoms with Crippen LogP contribution in [0.25, 0.3) is 5.69 Å². The number of aliphatic hydroxyl groups excluding tert-OH is 1. The zero-order chi connectivity index (χ0) is 20.9. The molecule has 0 radical (unpaired) electrons. The van der Waals surface area contributed by atoms with Gasteiger partial charge in [-0.3, -0.25) is 5.32 Å². The Morgan fingerprint density at radius 1 is 1.29 bits per heavy atom. The molecular weight excluding hydrogens is 352 g/mol. The molecule has 1 aliphatic rings. The van der Waals surface area contributed by atoms with Crippen molar-refractivity contribution in [2.24, 2.45) is 5.73 Å². The molecule has 28 heavy (non-hydrogen) atoms. The molecule has 0 spiro atoms. The maximum absolute atomic E-state index is 11.0. The lowest BCUT2D eigenvalue weighted by Crippen LogP contribution is -2.21. The number of primary amides is 1. The standard InChI is InChI=1S/C13H14N4O.C7H10O.C2H6/c14-13(18)15-12-8-11(9-6-7-9)16-17(12)10-4-2-1-3-5-10;1-3-4-5-6-7(2)8;1-2/h1-5,8-9H,6-7H2,(H3,14,15,18);3-6,8H,2H2,1H3;1-2H3/b;4-3+,6-5-;. The van der Waals surface area contributed by atoms with Gasteiger partial charge in [0.25, 0.3) is 0 Å². The quantitative estimate of drug-likeness (QED) is 0.474. The van der Waals surface area contributed by atoms with E-state index in [0.717, 1.165) is 11.4 Å². The number of aliphatic hydroxyl groups is 1. The van der Waals surface area contributed by atoms with Crippen molar-refractivity contribution in [2.45, 2.75) is 39.5 Å². The Kier molecular flexibility index (Phi) is 9.89. The minimum absolute atomic E-state index is 0.0862. The lowest BCUT2D eigenvalue weighted by molar-refractivity contribution is 0.259. The number of aromatic nitrogens is 2. The highest BCUT2D eigenvalue weighted by Crippen LogP contribution is 2.40. The normalized spacial score (nSPS) is 12.7. The number of hydrogen-bond donors (Lipinski definition) is 3. The number of nitrogens with one attached hydrogen (secondary N) is 1. The summed E-state index contributed by atoms with van der Waals surface area (Å²) in [5.41, 5.74) is 7.11. The highest BCUT2D eigenvalue weighted by atomic mass is 16.3. The van der Waals surface area contributed by atoms with Gasteiger partial charge in [-0.15, -0.1) is 0 Å². The van der Waals surface area contributed by atoms with E-state index in [4.69, 9.17) is 10.8 Å². The van der Waals surface area contributed by atoms with Crippen LogP contribution in [0.2, 0.25) is 0 Å². The molecule has 1 aromatic carbocycles. The number of hydrogen-bond acceptors (Lipinski definition) is 3. The van der Waals surface area contributed by atoms with Gasteiger partial charge in [-0.1, -0.05) is 56.9 Å². The first kappa shape index (κ1) is 22.8. The number of para-hydroxylation sites is 1. The van der Waals surface area contributed by atoms with Crippen LogP contribution in [-0.2, 0) is 0 Å². The number of allylic oxidation sites excluding steroid dienone is 4. The van der Waals surface area contributed by atoms with E-state index in [-0.39, 0.29) is 5.76 Å². The zero-order valence-corrected chi connectivity index (χ0v) is 16.8. The van der Waals surface area contributed by atoms with E-state index < -0.39 is 6.03 Å². The van der Waals surface area contributed by atoms with Gasteiger partial charge in [-0.05, 0) is 38.0 Å². The summed E-state index contributed by atoms with van der Waals surface area (Å²) in [5, 5.41) is 15.6. The number of carbonyl (C=O) groups excluding carboxylic acids is 1. The van der Waals surface area contributed by atoms with Crippen molar-refractivity contribution in [3.8, 4) is 5.69 Å². The minimum Gasteiger partial charge on any atom is -0.509 e. The number of rotatable bonds is 5. The predicted molar refractivity (Wildman–Crippen MR) is 116 cm³/mol. The summed E-state index contributed by atoms with van der Waals surface area (Å²) < 4.78 is 1.72. The number of nitrogens with zero attached hydrogens (tertiary/aromatic N) is 2. The second-order valence-electron chi connectivity index (χ2n) is 5.84. The lowest BCUT2D eigenvalue weighted by Gasteiger charge is -2.06. The van der Waals surface area contributed by atoms with Crippen LogP contribution in [0.1, 0.15) is 45.2 Å². The number of anilines is 1. The van der Waals surface area contributed by atoms with Gasteiger partial charge in [0.05, 0.1) is 11.4 Å². The summed E-state index contributed by atoms with van der Waals surface area (Å²) in [6, 6.07) is 11.0. The third kappa shape index (κ3) is 7.95. The van der Waals surface area contributed by atoms with Crippen molar-refractivity contribution in [1.82, 2.24) is 9.78 Å². The van der Waals surface area contributed by atoms with Crippen molar-refractivity contribution in [3.63, 3.8) is 0 Å². The Bertz CT molecular complexity index is 803. The lowest BCUT2D eigenvalue weighted by atomic mass is 10.3. The monoisotopic (exact) mass is 382 g/mol. The first-order valence-electron chi connectivity index (χ1n) is 9.40. The molecule has 0 bridgehead atoms. The number of benzene rings is 1. The van der Waals surface area contributed by atoms with E-state index in [2.05, 4.69) is 17.0 Å². The fraction of sp³-hybridized carbons (Fsp3) is 0.273. The summed E-state index contributed by atoms with van der Waals surface area (Å²) in [5.74, 6) is 1.24. The minimum atomic E-state index is -0.575. The second kappa shape index (κ2) is 12.2. The van der Waals surface area contributed by atoms with Gasteiger partial charge in [-0.25, -0.2) is 9.48 Å². The molecule has 1 saturated carbocycles. The van der Waals surface area contributed by atoms with Gasteiger partial charge in [0.2, 0.25) is 0 Å². The maximum atomic E-state index is 11.0. The molecule has 3 rings (SSSR count). The van der Waals surface area contributed by atoms with Gasteiger partial charge in [-0.2, -0.15) is 5.10 Å². The van der Waals surface area contributed by atoms with Gasteiger partial charge in [0.1, 0.15) is 11.6 Å². The Balaban J connectivity index is 0.000000334. The molecule has 6 nitrogen and oxygen atoms in total. The molecule has 6 heteroatoms. The summed E-state index contributed by atoms with van der Waals surface area (Å²) in [6.07, 6.45) is 9.28. The van der Waals surface area contributed by atoms with Crippen LogP contribution >= 0.6 is 0 Å². The molecule has 150 valence electrons. The van der Waals surface area contributed by atoms with Gasteiger partial charge < -0.3 is 10.8 Å². The Labute approximate surface area is 167 Å². The van der Waals surface area contributed by atoms with Gasteiger partial charge >= 0.3 is 6.03 Å². The van der Waals surface area contributed by atoms with Crippen LogP contribution in [-0.4, -0.2) is 20.9 Å². The molecule has 2 amide bonds.